The van der Waals surface area contributed by atoms with Gasteiger partial charge < -0.3 is 9.30 Å². The number of ether oxygens (including phenoxy) is 1. The summed E-state index contributed by atoms with van der Waals surface area (Å²) < 4.78 is 21.3. The van der Waals surface area contributed by atoms with Crippen LogP contribution in [0.15, 0.2) is 47.9 Å². The molecule has 5 heteroatoms. The number of thioether (sulfide) groups is 1. The molecule has 1 unspecified atom stereocenters. The van der Waals surface area contributed by atoms with Crippen LogP contribution in [0.2, 0.25) is 0 Å². The lowest BCUT2D eigenvalue weighted by molar-refractivity contribution is 0.0548. The Labute approximate surface area is 167 Å². The van der Waals surface area contributed by atoms with Crippen molar-refractivity contribution in [1.82, 2.24) is 9.55 Å². The van der Waals surface area contributed by atoms with Crippen LogP contribution in [0.25, 0.3) is 0 Å². The minimum Gasteiger partial charge on any atom is -0.375 e. The van der Waals surface area contributed by atoms with Gasteiger partial charge in [0, 0.05) is 29.6 Å². The second kappa shape index (κ2) is 13.8. The van der Waals surface area contributed by atoms with Gasteiger partial charge in [-0.25, -0.2) is 9.37 Å². The first-order chi connectivity index (χ1) is 13.3. The Morgan fingerprint density at radius 2 is 1.74 bits per heavy atom. The highest BCUT2D eigenvalue weighted by atomic mass is 32.2. The summed E-state index contributed by atoms with van der Waals surface area (Å²) in [4.78, 5) is 5.19. The number of hydrogen-bond acceptors (Lipinski definition) is 3. The lowest BCUT2D eigenvalue weighted by atomic mass is 10.1. The zero-order valence-electron chi connectivity index (χ0n) is 16.5. The van der Waals surface area contributed by atoms with Crippen molar-refractivity contribution >= 4 is 11.8 Å². The van der Waals surface area contributed by atoms with E-state index in [4.69, 9.17) is 4.74 Å². The topological polar surface area (TPSA) is 27.1 Å². The summed E-state index contributed by atoms with van der Waals surface area (Å²) in [5.41, 5.74) is 0. The van der Waals surface area contributed by atoms with Gasteiger partial charge in [0.1, 0.15) is 5.82 Å². The number of imidazole rings is 1. The van der Waals surface area contributed by atoms with Crippen molar-refractivity contribution in [2.75, 3.05) is 12.4 Å². The van der Waals surface area contributed by atoms with Gasteiger partial charge in [0.2, 0.25) is 0 Å². The Bertz CT molecular complexity index is 589. The molecule has 0 aliphatic carbocycles. The van der Waals surface area contributed by atoms with Crippen LogP contribution >= 0.6 is 11.8 Å². The fourth-order valence-electron chi connectivity index (χ4n) is 2.99. The number of unbranched alkanes of at least 4 members (excludes halogenated alkanes) is 7. The van der Waals surface area contributed by atoms with Gasteiger partial charge >= 0.3 is 0 Å². The maximum atomic E-state index is 13.0. The largest absolute Gasteiger partial charge is 0.375 e. The molecular weight excluding hydrogens is 359 g/mol. The molecule has 150 valence electrons. The Hall–Kier alpha value is -1.33. The molecule has 0 N–H and O–H groups in total. The molecule has 0 bridgehead atoms. The summed E-state index contributed by atoms with van der Waals surface area (Å²) in [7, 11) is 0. The van der Waals surface area contributed by atoms with E-state index in [-0.39, 0.29) is 11.9 Å². The van der Waals surface area contributed by atoms with Gasteiger partial charge in [-0.1, -0.05) is 51.9 Å². The van der Waals surface area contributed by atoms with E-state index in [1.807, 2.05) is 24.7 Å². The number of aromatic nitrogens is 2. The molecule has 0 aliphatic heterocycles. The Morgan fingerprint density at radius 1 is 1.04 bits per heavy atom. The van der Waals surface area contributed by atoms with Crippen LogP contribution in [-0.4, -0.2) is 28.0 Å². The molecule has 0 amide bonds. The summed E-state index contributed by atoms with van der Waals surface area (Å²) in [6.45, 7) is 3.86. The van der Waals surface area contributed by atoms with E-state index in [0.717, 1.165) is 30.2 Å². The molecule has 1 heterocycles. The summed E-state index contributed by atoms with van der Waals surface area (Å²) in [5.74, 6) is 0.654. The van der Waals surface area contributed by atoms with E-state index < -0.39 is 0 Å². The van der Waals surface area contributed by atoms with Crippen LogP contribution in [0.1, 0.15) is 58.3 Å². The second-order valence-electron chi connectivity index (χ2n) is 6.99. The van der Waals surface area contributed by atoms with Crippen LogP contribution in [0.3, 0.4) is 0 Å². The molecule has 0 aliphatic rings. The molecule has 0 saturated carbocycles. The van der Waals surface area contributed by atoms with Crippen LogP contribution in [-0.2, 0) is 11.3 Å². The van der Waals surface area contributed by atoms with E-state index in [9.17, 15) is 4.39 Å². The summed E-state index contributed by atoms with van der Waals surface area (Å²) in [5, 5.41) is 0. The Morgan fingerprint density at radius 3 is 2.41 bits per heavy atom. The normalized spacial score (nSPS) is 12.4. The van der Waals surface area contributed by atoms with Crippen molar-refractivity contribution in [2.45, 2.75) is 75.8 Å². The molecule has 0 radical (unpaired) electrons. The molecule has 0 fully saturated rings. The Balaban J connectivity index is 1.66. The molecule has 0 spiro atoms. The predicted molar refractivity (Wildman–Crippen MR) is 112 cm³/mol. The minimum atomic E-state index is -0.194. The SMILES string of the molecule is CCCCCCCCCCOC(CSc1ccc(F)cc1)Cn1ccnc1. The maximum absolute atomic E-state index is 13.0. The molecule has 1 atom stereocenters. The number of nitrogens with zero attached hydrogens (tertiary/aromatic N) is 2. The van der Waals surface area contributed by atoms with Crippen molar-refractivity contribution < 1.29 is 9.13 Å². The van der Waals surface area contributed by atoms with Gasteiger partial charge in [-0.2, -0.15) is 0 Å². The fraction of sp³-hybridized carbons (Fsp3) is 0.591. The monoisotopic (exact) mass is 392 g/mol. The number of benzene rings is 1. The van der Waals surface area contributed by atoms with E-state index in [1.165, 1.54) is 57.1 Å². The first kappa shape index (κ1) is 22.0. The highest BCUT2D eigenvalue weighted by molar-refractivity contribution is 7.99. The van der Waals surface area contributed by atoms with E-state index in [1.54, 1.807) is 18.0 Å². The molecule has 27 heavy (non-hydrogen) atoms. The molecule has 1 aromatic heterocycles. The van der Waals surface area contributed by atoms with Gasteiger partial charge in [0.05, 0.1) is 19.0 Å². The summed E-state index contributed by atoms with van der Waals surface area (Å²) in [6.07, 6.45) is 16.2. The average Bonchev–Trinajstić information content (AvgIpc) is 3.19. The molecule has 1 aromatic carbocycles. The first-order valence-corrected chi connectivity index (χ1v) is 11.2. The minimum absolute atomic E-state index is 0.124. The number of hydrogen-bond donors (Lipinski definition) is 0. The lowest BCUT2D eigenvalue weighted by Crippen LogP contribution is -2.23. The van der Waals surface area contributed by atoms with E-state index >= 15 is 0 Å². The number of halogens is 1. The fourth-order valence-corrected chi connectivity index (χ4v) is 3.90. The third-order valence-corrected chi connectivity index (χ3v) is 5.72. The molecular formula is C22H33FN2OS. The smallest absolute Gasteiger partial charge is 0.123 e. The third-order valence-electron chi connectivity index (χ3n) is 4.57. The standard InChI is InChI=1S/C22H33FN2OS/c1-2-3-4-5-6-7-8-9-16-26-21(17-25-15-14-24-19-25)18-27-22-12-10-20(23)11-13-22/h10-15,19,21H,2-9,16-18H2,1H3. The zero-order valence-corrected chi connectivity index (χ0v) is 17.3. The zero-order chi connectivity index (χ0) is 19.2. The Kier molecular flexibility index (Phi) is 11.2. The van der Waals surface area contributed by atoms with Gasteiger partial charge in [0.15, 0.2) is 0 Å². The van der Waals surface area contributed by atoms with Gasteiger partial charge in [-0.3, -0.25) is 0 Å². The van der Waals surface area contributed by atoms with Gasteiger partial charge in [0.25, 0.3) is 0 Å². The summed E-state index contributed by atoms with van der Waals surface area (Å²) in [6, 6.07) is 6.67. The van der Waals surface area contributed by atoms with Crippen LogP contribution in [0.4, 0.5) is 4.39 Å². The third kappa shape index (κ3) is 9.96. The van der Waals surface area contributed by atoms with Crippen molar-refractivity contribution in [2.24, 2.45) is 0 Å². The highest BCUT2D eigenvalue weighted by Gasteiger charge is 2.11. The van der Waals surface area contributed by atoms with Crippen LogP contribution < -0.4 is 0 Å². The predicted octanol–water partition coefficient (Wildman–Crippen LogP) is 6.34. The average molecular weight is 393 g/mol. The highest BCUT2D eigenvalue weighted by Crippen LogP contribution is 2.21. The van der Waals surface area contributed by atoms with Gasteiger partial charge in [-0.15, -0.1) is 11.8 Å². The van der Waals surface area contributed by atoms with E-state index in [0.29, 0.717) is 0 Å². The van der Waals surface area contributed by atoms with E-state index in [2.05, 4.69) is 16.5 Å². The summed E-state index contributed by atoms with van der Waals surface area (Å²) >= 11 is 1.71. The number of rotatable bonds is 15. The molecule has 0 saturated heterocycles. The quantitative estimate of drug-likeness (QED) is 0.261. The van der Waals surface area contributed by atoms with Crippen molar-refractivity contribution in [3.05, 3.63) is 48.8 Å². The lowest BCUT2D eigenvalue weighted by Gasteiger charge is -2.18. The molecule has 2 aromatic rings. The molecule has 3 nitrogen and oxygen atoms in total. The van der Waals surface area contributed by atoms with Crippen molar-refractivity contribution in [3.8, 4) is 0 Å². The van der Waals surface area contributed by atoms with Gasteiger partial charge in [-0.05, 0) is 30.7 Å². The maximum Gasteiger partial charge on any atom is 0.123 e. The first-order valence-electron chi connectivity index (χ1n) is 10.2. The second-order valence-corrected chi connectivity index (χ2v) is 8.09. The molecule has 2 rings (SSSR count). The van der Waals surface area contributed by atoms with Crippen molar-refractivity contribution in [1.29, 1.82) is 0 Å². The van der Waals surface area contributed by atoms with Crippen LogP contribution in [0.5, 0.6) is 0 Å². The van der Waals surface area contributed by atoms with Crippen molar-refractivity contribution in [3.63, 3.8) is 0 Å². The van der Waals surface area contributed by atoms with Crippen LogP contribution in [0, 0.1) is 5.82 Å².